The standard InChI is InChI=1S/C19H13ClF5N9O/c1-18(19(23,24)25)8-32(11-7-26-13-5-12(20)31-33(13)14(11)18)17(35)30-9-4-10(15(21)22)16(27-6-9)34-28-2-3-29-34/h2-7,15H,8H2,1H3,(H,30,35). The summed E-state index contributed by atoms with van der Waals surface area (Å²) < 4.78 is 70.8. The molecule has 0 aromatic carbocycles. The van der Waals surface area contributed by atoms with Crippen LogP contribution >= 0.6 is 11.6 Å². The van der Waals surface area contributed by atoms with Gasteiger partial charge < -0.3 is 5.32 Å². The first-order valence-electron chi connectivity index (χ1n) is 9.84. The van der Waals surface area contributed by atoms with Crippen molar-refractivity contribution in [2.75, 3.05) is 16.8 Å². The number of alkyl halides is 5. The normalized spacial score (nSPS) is 17.9. The van der Waals surface area contributed by atoms with E-state index in [1.54, 1.807) is 0 Å². The molecule has 182 valence electrons. The number of pyridine rings is 1. The number of hydrogen-bond acceptors (Lipinski definition) is 6. The van der Waals surface area contributed by atoms with Crippen LogP contribution in [0.5, 0.6) is 0 Å². The molecule has 5 rings (SSSR count). The molecular formula is C19H13ClF5N9O. The SMILES string of the molecule is CC1(C(F)(F)F)CN(C(=O)Nc2cnc(-n3nccn3)c(C(F)F)c2)c2cnc3cc(Cl)nn3c21. The molecule has 0 saturated carbocycles. The number of nitrogens with zero attached hydrogens (tertiary/aromatic N) is 8. The maximum Gasteiger partial charge on any atom is 0.401 e. The van der Waals surface area contributed by atoms with E-state index < -0.39 is 36.2 Å². The molecule has 5 heterocycles. The van der Waals surface area contributed by atoms with Crippen LogP contribution in [-0.2, 0) is 5.41 Å². The van der Waals surface area contributed by atoms with Crippen LogP contribution in [-0.4, -0.2) is 53.3 Å². The molecule has 0 aliphatic carbocycles. The van der Waals surface area contributed by atoms with E-state index in [2.05, 4.69) is 30.6 Å². The minimum atomic E-state index is -4.77. The van der Waals surface area contributed by atoms with E-state index in [9.17, 15) is 26.7 Å². The van der Waals surface area contributed by atoms with Crippen molar-refractivity contribution in [3.05, 3.63) is 53.3 Å². The van der Waals surface area contributed by atoms with E-state index in [0.717, 1.165) is 39.6 Å². The molecule has 2 amide bonds. The number of amides is 2. The van der Waals surface area contributed by atoms with Crippen LogP contribution in [0.15, 0.2) is 36.9 Å². The van der Waals surface area contributed by atoms with Gasteiger partial charge in [0, 0.05) is 12.6 Å². The van der Waals surface area contributed by atoms with E-state index >= 15 is 0 Å². The van der Waals surface area contributed by atoms with Gasteiger partial charge in [-0.05, 0) is 13.0 Å². The van der Waals surface area contributed by atoms with Crippen LogP contribution in [0.25, 0.3) is 11.5 Å². The van der Waals surface area contributed by atoms with Crippen LogP contribution in [0, 0.1) is 0 Å². The highest BCUT2D eigenvalue weighted by molar-refractivity contribution is 6.29. The van der Waals surface area contributed by atoms with Crippen LogP contribution in [0.2, 0.25) is 5.15 Å². The molecule has 0 fully saturated rings. The summed E-state index contributed by atoms with van der Waals surface area (Å²) >= 11 is 5.86. The van der Waals surface area contributed by atoms with Gasteiger partial charge in [-0.25, -0.2) is 28.1 Å². The Labute approximate surface area is 197 Å². The summed E-state index contributed by atoms with van der Waals surface area (Å²) in [6, 6.07) is 1.23. The Morgan fingerprint density at radius 1 is 1.17 bits per heavy atom. The first-order chi connectivity index (χ1) is 16.5. The summed E-state index contributed by atoms with van der Waals surface area (Å²) in [5, 5.41) is 13.7. The van der Waals surface area contributed by atoms with Gasteiger partial charge in [0.1, 0.15) is 5.41 Å². The number of hydrogen-bond donors (Lipinski definition) is 1. The summed E-state index contributed by atoms with van der Waals surface area (Å²) in [5.41, 5.74) is -3.69. The number of halogens is 6. The molecule has 1 N–H and O–H groups in total. The monoisotopic (exact) mass is 513 g/mol. The fourth-order valence-corrected chi connectivity index (χ4v) is 4.05. The highest BCUT2D eigenvalue weighted by Crippen LogP contribution is 2.50. The number of anilines is 2. The van der Waals surface area contributed by atoms with Crippen molar-refractivity contribution in [1.29, 1.82) is 0 Å². The predicted octanol–water partition coefficient (Wildman–Crippen LogP) is 4.17. The first-order valence-corrected chi connectivity index (χ1v) is 10.2. The van der Waals surface area contributed by atoms with Crippen molar-refractivity contribution in [1.82, 2.24) is 34.6 Å². The second kappa shape index (κ2) is 7.83. The van der Waals surface area contributed by atoms with Crippen LogP contribution in [0.4, 0.5) is 38.1 Å². The van der Waals surface area contributed by atoms with Gasteiger partial charge in [0.2, 0.25) is 0 Å². The average molecular weight is 514 g/mol. The van der Waals surface area contributed by atoms with Crippen molar-refractivity contribution in [3.8, 4) is 5.82 Å². The molecule has 1 atom stereocenters. The Morgan fingerprint density at radius 3 is 2.54 bits per heavy atom. The number of fused-ring (bicyclic) bond motifs is 3. The van der Waals surface area contributed by atoms with Gasteiger partial charge >= 0.3 is 12.2 Å². The molecule has 35 heavy (non-hydrogen) atoms. The highest BCUT2D eigenvalue weighted by atomic mass is 35.5. The van der Waals surface area contributed by atoms with Gasteiger partial charge in [-0.3, -0.25) is 4.90 Å². The molecule has 0 radical (unpaired) electrons. The van der Waals surface area contributed by atoms with Gasteiger partial charge in [0.05, 0.1) is 47.4 Å². The van der Waals surface area contributed by atoms with E-state index in [4.69, 9.17) is 11.6 Å². The molecule has 16 heteroatoms. The fraction of sp³-hybridized carbons (Fsp3) is 0.263. The number of carbonyl (C=O) groups excluding carboxylic acids is 1. The summed E-state index contributed by atoms with van der Waals surface area (Å²) in [5.74, 6) is -0.263. The van der Waals surface area contributed by atoms with Crippen LogP contribution in [0.1, 0.15) is 24.6 Å². The predicted molar refractivity (Wildman–Crippen MR) is 112 cm³/mol. The molecule has 10 nitrogen and oxygen atoms in total. The Bertz CT molecular complexity index is 1440. The number of carbonyl (C=O) groups is 1. The summed E-state index contributed by atoms with van der Waals surface area (Å²) in [6.45, 7) is 0.122. The van der Waals surface area contributed by atoms with Gasteiger partial charge in [0.25, 0.3) is 6.43 Å². The zero-order valence-corrected chi connectivity index (χ0v) is 18.3. The van der Waals surface area contributed by atoms with Crippen molar-refractivity contribution < 1.29 is 26.7 Å². The average Bonchev–Trinajstić information content (AvgIpc) is 3.50. The molecule has 1 aliphatic rings. The van der Waals surface area contributed by atoms with E-state index in [1.807, 2.05) is 0 Å². The molecule has 1 aliphatic heterocycles. The maximum absolute atomic E-state index is 14.2. The minimum Gasteiger partial charge on any atom is -0.306 e. The third kappa shape index (κ3) is 3.62. The summed E-state index contributed by atoms with van der Waals surface area (Å²) in [7, 11) is 0. The second-order valence-corrected chi connectivity index (χ2v) is 8.22. The number of urea groups is 1. The lowest BCUT2D eigenvalue weighted by atomic mass is 9.88. The third-order valence-electron chi connectivity index (χ3n) is 5.58. The maximum atomic E-state index is 14.2. The van der Waals surface area contributed by atoms with Crippen LogP contribution < -0.4 is 10.2 Å². The molecule has 4 aromatic heterocycles. The Hall–Kier alpha value is -3.88. The number of rotatable bonds is 3. The Morgan fingerprint density at radius 2 is 1.89 bits per heavy atom. The zero-order chi connectivity index (χ0) is 25.1. The third-order valence-corrected chi connectivity index (χ3v) is 5.77. The fourth-order valence-electron chi connectivity index (χ4n) is 3.88. The lowest BCUT2D eigenvalue weighted by Gasteiger charge is -2.28. The molecule has 1 unspecified atom stereocenters. The van der Waals surface area contributed by atoms with E-state index in [1.165, 1.54) is 18.5 Å². The first kappa shape index (κ1) is 22.9. The van der Waals surface area contributed by atoms with Crippen molar-refractivity contribution >= 4 is 34.7 Å². The zero-order valence-electron chi connectivity index (χ0n) is 17.5. The largest absolute Gasteiger partial charge is 0.401 e. The van der Waals surface area contributed by atoms with Crippen molar-refractivity contribution in [3.63, 3.8) is 0 Å². The molecule has 0 spiro atoms. The summed E-state index contributed by atoms with van der Waals surface area (Å²) in [4.78, 5) is 22.7. The topological polar surface area (TPSA) is 106 Å². The van der Waals surface area contributed by atoms with E-state index in [0.29, 0.717) is 0 Å². The lowest BCUT2D eigenvalue weighted by Crippen LogP contribution is -2.46. The Balaban J connectivity index is 1.53. The number of aromatic nitrogens is 7. The quantitative estimate of drug-likeness (QED) is 0.412. The van der Waals surface area contributed by atoms with Crippen LogP contribution in [0.3, 0.4) is 0 Å². The Kier molecular flexibility index (Phi) is 5.12. The summed E-state index contributed by atoms with van der Waals surface area (Å²) in [6.07, 6.45) is -3.05. The molecule has 0 bridgehead atoms. The highest BCUT2D eigenvalue weighted by Gasteiger charge is 2.60. The molecule has 0 saturated heterocycles. The molecular weight excluding hydrogens is 501 g/mol. The van der Waals surface area contributed by atoms with Gasteiger partial charge in [-0.1, -0.05) is 11.6 Å². The van der Waals surface area contributed by atoms with E-state index in [-0.39, 0.29) is 33.7 Å². The van der Waals surface area contributed by atoms with Gasteiger partial charge in [0.15, 0.2) is 16.6 Å². The molecule has 4 aromatic rings. The minimum absolute atomic E-state index is 0.0695. The van der Waals surface area contributed by atoms with Gasteiger partial charge in [-0.2, -0.15) is 28.5 Å². The van der Waals surface area contributed by atoms with Gasteiger partial charge in [-0.15, -0.1) is 4.80 Å². The smallest absolute Gasteiger partial charge is 0.306 e. The van der Waals surface area contributed by atoms with Crippen molar-refractivity contribution in [2.45, 2.75) is 24.9 Å². The number of nitrogens with one attached hydrogen (secondary N) is 1. The lowest BCUT2D eigenvalue weighted by molar-refractivity contribution is -0.181. The van der Waals surface area contributed by atoms with Crippen molar-refractivity contribution in [2.24, 2.45) is 0 Å². The second-order valence-electron chi connectivity index (χ2n) is 7.83.